The first kappa shape index (κ1) is 6.87. The third-order valence-corrected chi connectivity index (χ3v) is 3.02. The fourth-order valence-corrected chi connectivity index (χ4v) is 1.82. The molecular weight excluding hydrogens is 132 g/mol. The number of rotatable bonds is 0. The summed E-state index contributed by atoms with van der Waals surface area (Å²) in [4.78, 5) is 10.9. The Morgan fingerprint density at radius 1 is 1.44 bits per heavy atom. The molecule has 0 radical (unpaired) electrons. The molecule has 1 aliphatic rings. The summed E-state index contributed by atoms with van der Waals surface area (Å²) in [5.74, 6) is 0. The predicted octanol–water partition coefficient (Wildman–Crippen LogP) is 1.98. The highest BCUT2D eigenvalue weighted by atomic mass is 32.2. The van der Waals surface area contributed by atoms with Crippen LogP contribution in [0, 0.1) is 0 Å². The second kappa shape index (κ2) is 2.18. The molecule has 1 aliphatic heterocycles. The molecule has 0 aromatic carbocycles. The second-order valence-corrected chi connectivity index (χ2v) is 3.67. The van der Waals surface area contributed by atoms with Gasteiger partial charge in [-0.1, -0.05) is 17.3 Å². The van der Waals surface area contributed by atoms with E-state index < -0.39 is 0 Å². The molecule has 0 aromatic rings. The van der Waals surface area contributed by atoms with Crippen molar-refractivity contribution in [1.29, 1.82) is 0 Å². The van der Waals surface area contributed by atoms with Gasteiger partial charge < -0.3 is 0 Å². The van der Waals surface area contributed by atoms with Gasteiger partial charge in [-0.15, -0.1) is 0 Å². The number of hydrogen-bond acceptors (Lipinski definition) is 2. The lowest BCUT2D eigenvalue weighted by atomic mass is 10.1. The number of carbonyl (C=O) groups is 1. The summed E-state index contributed by atoms with van der Waals surface area (Å²) < 4.78 is 0. The molecule has 1 atom stereocenters. The van der Waals surface area contributed by atoms with Crippen molar-refractivity contribution in [3.8, 4) is 0 Å². The maximum atomic E-state index is 10.9. The number of hydrogen-bond donors (Lipinski definition) is 0. The van der Waals surface area contributed by atoms with Crippen molar-refractivity contribution < 1.29 is 4.79 Å². The molecule has 0 amide bonds. The zero-order valence-electron chi connectivity index (χ0n) is 5.89. The lowest BCUT2D eigenvalue weighted by Gasteiger charge is -1.97. The highest BCUT2D eigenvalue weighted by Gasteiger charge is 2.23. The molecule has 0 bridgehead atoms. The van der Waals surface area contributed by atoms with Gasteiger partial charge in [-0.05, 0) is 20.8 Å². The number of carbonyl (C=O) groups excluding carboxylic acids is 1. The summed E-state index contributed by atoms with van der Waals surface area (Å²) in [7, 11) is 0. The molecule has 0 saturated carbocycles. The average molecular weight is 142 g/mol. The average Bonchev–Trinajstić information content (AvgIpc) is 1.98. The third kappa shape index (κ3) is 1.04. The molecule has 0 saturated heterocycles. The van der Waals surface area contributed by atoms with Gasteiger partial charge in [-0.3, -0.25) is 4.79 Å². The largest absolute Gasteiger partial charge is 0.282 e. The minimum Gasteiger partial charge on any atom is -0.282 e. The van der Waals surface area contributed by atoms with E-state index in [0.29, 0.717) is 5.25 Å². The Morgan fingerprint density at radius 2 is 2.00 bits per heavy atom. The van der Waals surface area contributed by atoms with Gasteiger partial charge in [0.1, 0.15) is 0 Å². The quantitative estimate of drug-likeness (QED) is 0.514. The van der Waals surface area contributed by atoms with Crippen LogP contribution in [0.4, 0.5) is 0 Å². The van der Waals surface area contributed by atoms with Gasteiger partial charge in [-0.2, -0.15) is 0 Å². The number of thioether (sulfide) groups is 1. The normalized spacial score (nSPS) is 27.9. The van der Waals surface area contributed by atoms with Gasteiger partial charge in [-0.25, -0.2) is 0 Å². The Morgan fingerprint density at radius 3 is 2.11 bits per heavy atom. The molecule has 0 spiro atoms. The van der Waals surface area contributed by atoms with Crippen molar-refractivity contribution in [2.45, 2.75) is 26.0 Å². The van der Waals surface area contributed by atoms with Crippen LogP contribution in [0.2, 0.25) is 0 Å². The van der Waals surface area contributed by atoms with Gasteiger partial charge >= 0.3 is 0 Å². The van der Waals surface area contributed by atoms with Gasteiger partial charge in [0, 0.05) is 10.8 Å². The third-order valence-electron chi connectivity index (χ3n) is 1.79. The zero-order valence-corrected chi connectivity index (χ0v) is 6.71. The lowest BCUT2D eigenvalue weighted by Crippen LogP contribution is -1.90. The van der Waals surface area contributed by atoms with Crippen LogP contribution in [0.25, 0.3) is 0 Å². The fraction of sp³-hybridized carbons (Fsp3) is 0.571. The van der Waals surface area contributed by atoms with Gasteiger partial charge in [0.2, 0.25) is 5.12 Å². The van der Waals surface area contributed by atoms with Crippen LogP contribution in [0.5, 0.6) is 0 Å². The molecule has 0 aromatic heterocycles. The topological polar surface area (TPSA) is 17.1 Å². The minimum absolute atomic E-state index is 0.250. The second-order valence-electron chi connectivity index (χ2n) is 2.36. The van der Waals surface area contributed by atoms with E-state index in [1.165, 1.54) is 17.3 Å². The molecule has 0 aliphatic carbocycles. The van der Waals surface area contributed by atoms with Crippen LogP contribution in [0.1, 0.15) is 20.8 Å². The Balaban J connectivity index is 2.92. The van der Waals surface area contributed by atoms with Crippen molar-refractivity contribution in [3.05, 3.63) is 11.1 Å². The smallest absolute Gasteiger partial charge is 0.215 e. The van der Waals surface area contributed by atoms with E-state index in [9.17, 15) is 4.79 Å². The van der Waals surface area contributed by atoms with Crippen LogP contribution in [-0.2, 0) is 4.79 Å². The molecule has 1 nitrogen and oxygen atoms in total. The summed E-state index contributed by atoms with van der Waals surface area (Å²) in [6.07, 6.45) is 0. The molecule has 0 fully saturated rings. The van der Waals surface area contributed by atoms with Crippen LogP contribution < -0.4 is 0 Å². The first-order valence-electron chi connectivity index (χ1n) is 3.01. The Hall–Kier alpha value is -0.240. The summed E-state index contributed by atoms with van der Waals surface area (Å²) in [6, 6.07) is 0. The molecule has 50 valence electrons. The van der Waals surface area contributed by atoms with Crippen molar-refractivity contribution in [2.75, 3.05) is 0 Å². The maximum absolute atomic E-state index is 10.9. The van der Waals surface area contributed by atoms with E-state index in [0.717, 1.165) is 5.57 Å². The predicted molar refractivity (Wildman–Crippen MR) is 40.4 cm³/mol. The van der Waals surface area contributed by atoms with Crippen molar-refractivity contribution >= 4 is 16.9 Å². The molecule has 9 heavy (non-hydrogen) atoms. The van der Waals surface area contributed by atoms with Crippen LogP contribution in [0.3, 0.4) is 0 Å². The summed E-state index contributed by atoms with van der Waals surface area (Å²) in [6.45, 7) is 5.99. The summed E-state index contributed by atoms with van der Waals surface area (Å²) in [5, 5.41) is 0.664. The van der Waals surface area contributed by atoms with Gasteiger partial charge in [0.25, 0.3) is 0 Å². The molecule has 1 heterocycles. The monoisotopic (exact) mass is 142 g/mol. The molecular formula is C7H10OS. The van der Waals surface area contributed by atoms with E-state index in [-0.39, 0.29) is 5.12 Å². The van der Waals surface area contributed by atoms with Crippen molar-refractivity contribution in [1.82, 2.24) is 0 Å². The minimum atomic E-state index is 0.250. The Kier molecular flexibility index (Phi) is 1.66. The van der Waals surface area contributed by atoms with Crippen molar-refractivity contribution in [3.63, 3.8) is 0 Å². The maximum Gasteiger partial charge on any atom is 0.215 e. The SMILES string of the molecule is CC1=C(C)C(C)SC1=O. The molecule has 0 N–H and O–H groups in total. The van der Waals surface area contributed by atoms with Gasteiger partial charge in [0.05, 0.1) is 0 Å². The van der Waals surface area contributed by atoms with Gasteiger partial charge in [0.15, 0.2) is 0 Å². The van der Waals surface area contributed by atoms with Crippen LogP contribution in [0.15, 0.2) is 11.1 Å². The zero-order chi connectivity index (χ0) is 7.02. The molecule has 2 heteroatoms. The highest BCUT2D eigenvalue weighted by Crippen LogP contribution is 2.32. The van der Waals surface area contributed by atoms with E-state index in [2.05, 4.69) is 6.92 Å². The van der Waals surface area contributed by atoms with Crippen molar-refractivity contribution in [2.24, 2.45) is 0 Å². The van der Waals surface area contributed by atoms with E-state index in [4.69, 9.17) is 0 Å². The first-order chi connectivity index (χ1) is 4.13. The van der Waals surface area contributed by atoms with E-state index >= 15 is 0 Å². The Labute approximate surface area is 59.5 Å². The molecule has 1 rings (SSSR count). The highest BCUT2D eigenvalue weighted by molar-refractivity contribution is 8.15. The Bertz CT molecular complexity index is 181. The summed E-state index contributed by atoms with van der Waals surface area (Å²) in [5.41, 5.74) is 2.19. The summed E-state index contributed by atoms with van der Waals surface area (Å²) >= 11 is 1.42. The van der Waals surface area contributed by atoms with Crippen LogP contribution >= 0.6 is 11.8 Å². The standard InChI is InChI=1S/C7H10OS/c1-4-5(2)7(8)9-6(4)3/h6H,1-3H3. The lowest BCUT2D eigenvalue weighted by molar-refractivity contribution is -0.107. The van der Waals surface area contributed by atoms with E-state index in [1.807, 2.05) is 13.8 Å². The fourth-order valence-electron chi connectivity index (χ4n) is 0.803. The van der Waals surface area contributed by atoms with E-state index in [1.54, 1.807) is 0 Å². The van der Waals surface area contributed by atoms with Crippen LogP contribution in [-0.4, -0.2) is 10.4 Å². The molecule has 1 unspecified atom stereocenters. The first-order valence-corrected chi connectivity index (χ1v) is 3.89.